The van der Waals surface area contributed by atoms with Crippen LogP contribution in [0.1, 0.15) is 24.0 Å². The summed E-state index contributed by atoms with van der Waals surface area (Å²) in [5.74, 6) is 0.414. The number of thioether (sulfide) groups is 1. The number of rotatable bonds is 3. The molecule has 0 unspecified atom stereocenters. The van der Waals surface area contributed by atoms with E-state index in [1.54, 1.807) is 6.21 Å². The first-order valence-corrected chi connectivity index (χ1v) is 8.10. The van der Waals surface area contributed by atoms with Gasteiger partial charge in [0.1, 0.15) is 0 Å². The van der Waals surface area contributed by atoms with Crippen molar-refractivity contribution >= 4 is 34.7 Å². The summed E-state index contributed by atoms with van der Waals surface area (Å²) < 4.78 is 0. The summed E-state index contributed by atoms with van der Waals surface area (Å²) in [6, 6.07) is 6.34. The molecule has 1 N–H and O–H groups in total. The predicted molar refractivity (Wildman–Crippen MR) is 88.3 cm³/mol. The highest BCUT2D eigenvalue weighted by molar-refractivity contribution is 8.15. The number of anilines is 1. The second-order valence-corrected chi connectivity index (χ2v) is 6.19. The third-order valence-corrected chi connectivity index (χ3v) is 4.47. The molecule has 5 nitrogen and oxygen atoms in total. The SMILES string of the molecule is Cc1cc(C=NN=C2NC(=O)CS2)ccc1N1CCCC1. The first-order valence-electron chi connectivity index (χ1n) is 7.12. The number of hydrogen-bond donors (Lipinski definition) is 1. The van der Waals surface area contributed by atoms with E-state index in [4.69, 9.17) is 0 Å². The van der Waals surface area contributed by atoms with Crippen LogP contribution in [0, 0.1) is 6.92 Å². The maximum Gasteiger partial charge on any atom is 0.236 e. The molecule has 2 aliphatic heterocycles. The Kier molecular flexibility index (Phi) is 4.24. The van der Waals surface area contributed by atoms with Crippen LogP contribution in [0.15, 0.2) is 28.4 Å². The molecule has 21 heavy (non-hydrogen) atoms. The van der Waals surface area contributed by atoms with Crippen LogP contribution in [0.5, 0.6) is 0 Å². The molecule has 0 saturated carbocycles. The number of aryl methyl sites for hydroxylation is 1. The predicted octanol–water partition coefficient (Wildman–Crippen LogP) is 2.15. The highest BCUT2D eigenvalue weighted by Gasteiger charge is 2.16. The fourth-order valence-corrected chi connectivity index (χ4v) is 3.23. The normalized spacial score (nSPS) is 20.7. The van der Waals surface area contributed by atoms with E-state index in [0.717, 1.165) is 18.7 Å². The minimum absolute atomic E-state index is 0.0141. The van der Waals surface area contributed by atoms with Gasteiger partial charge in [-0.3, -0.25) is 4.79 Å². The first kappa shape index (κ1) is 14.1. The van der Waals surface area contributed by atoms with Gasteiger partial charge in [-0.25, -0.2) is 0 Å². The molecule has 0 atom stereocenters. The van der Waals surface area contributed by atoms with Crippen molar-refractivity contribution in [3.63, 3.8) is 0 Å². The number of amidine groups is 1. The molecule has 3 rings (SSSR count). The van der Waals surface area contributed by atoms with Crippen molar-refractivity contribution in [2.24, 2.45) is 10.2 Å². The maximum absolute atomic E-state index is 11.0. The van der Waals surface area contributed by atoms with E-state index in [9.17, 15) is 4.79 Å². The minimum atomic E-state index is -0.0141. The fourth-order valence-electron chi connectivity index (χ4n) is 2.60. The van der Waals surface area contributed by atoms with Gasteiger partial charge in [-0.15, -0.1) is 5.10 Å². The number of amides is 1. The molecule has 2 fully saturated rings. The van der Waals surface area contributed by atoms with Gasteiger partial charge in [0.15, 0.2) is 5.17 Å². The highest BCUT2D eigenvalue weighted by Crippen LogP contribution is 2.24. The van der Waals surface area contributed by atoms with Crippen molar-refractivity contribution in [1.82, 2.24) is 5.32 Å². The Labute approximate surface area is 128 Å². The molecule has 2 saturated heterocycles. The molecule has 6 heteroatoms. The van der Waals surface area contributed by atoms with E-state index in [0.29, 0.717) is 10.9 Å². The van der Waals surface area contributed by atoms with Gasteiger partial charge in [-0.1, -0.05) is 17.8 Å². The lowest BCUT2D eigenvalue weighted by molar-refractivity contribution is -0.116. The Morgan fingerprint density at radius 3 is 2.81 bits per heavy atom. The van der Waals surface area contributed by atoms with Crippen molar-refractivity contribution in [3.05, 3.63) is 29.3 Å². The molecule has 0 radical (unpaired) electrons. The van der Waals surface area contributed by atoms with Gasteiger partial charge in [0.2, 0.25) is 5.91 Å². The van der Waals surface area contributed by atoms with Crippen molar-refractivity contribution in [2.45, 2.75) is 19.8 Å². The molecule has 1 aromatic carbocycles. The number of nitrogens with one attached hydrogen (secondary N) is 1. The largest absolute Gasteiger partial charge is 0.371 e. The number of hydrogen-bond acceptors (Lipinski definition) is 5. The molecule has 110 valence electrons. The van der Waals surface area contributed by atoms with E-state index < -0.39 is 0 Å². The quantitative estimate of drug-likeness (QED) is 0.687. The van der Waals surface area contributed by atoms with Crippen LogP contribution in [0.2, 0.25) is 0 Å². The number of carbonyl (C=O) groups excluding carboxylic acids is 1. The molecular formula is C15H18N4OS. The fraction of sp³-hybridized carbons (Fsp3) is 0.400. The van der Waals surface area contributed by atoms with Gasteiger partial charge in [0.25, 0.3) is 0 Å². The average Bonchev–Trinajstić information content (AvgIpc) is 3.11. The monoisotopic (exact) mass is 302 g/mol. The molecular weight excluding hydrogens is 284 g/mol. The zero-order valence-electron chi connectivity index (χ0n) is 12.0. The Morgan fingerprint density at radius 2 is 2.14 bits per heavy atom. The Hall–Kier alpha value is -1.82. The zero-order chi connectivity index (χ0) is 14.7. The van der Waals surface area contributed by atoms with Gasteiger partial charge in [0, 0.05) is 18.8 Å². The van der Waals surface area contributed by atoms with Crippen molar-refractivity contribution in [1.29, 1.82) is 0 Å². The van der Waals surface area contributed by atoms with Crippen molar-refractivity contribution in [3.8, 4) is 0 Å². The summed E-state index contributed by atoms with van der Waals surface area (Å²) in [5, 5.41) is 11.3. The smallest absolute Gasteiger partial charge is 0.236 e. The Bertz CT molecular complexity index is 606. The van der Waals surface area contributed by atoms with Crippen LogP contribution >= 0.6 is 11.8 Å². The van der Waals surface area contributed by atoms with Crippen LogP contribution < -0.4 is 10.2 Å². The van der Waals surface area contributed by atoms with Crippen LogP contribution in [0.4, 0.5) is 5.69 Å². The zero-order valence-corrected chi connectivity index (χ0v) is 12.8. The first-order chi connectivity index (χ1) is 10.2. The standard InChI is InChI=1S/C15H18N4OS/c1-11-8-12(4-5-13(11)19-6-2-3-7-19)9-16-18-15-17-14(20)10-21-15/h4-5,8-9H,2-3,6-7,10H2,1H3,(H,17,18,20). The molecule has 2 aliphatic rings. The average molecular weight is 302 g/mol. The summed E-state index contributed by atoms with van der Waals surface area (Å²) in [5.41, 5.74) is 3.60. The van der Waals surface area contributed by atoms with Gasteiger partial charge in [0.05, 0.1) is 12.0 Å². The summed E-state index contributed by atoms with van der Waals surface area (Å²) >= 11 is 1.38. The topological polar surface area (TPSA) is 57.1 Å². The molecule has 1 amide bonds. The lowest BCUT2D eigenvalue weighted by Crippen LogP contribution is -2.19. The van der Waals surface area contributed by atoms with Gasteiger partial charge in [-0.2, -0.15) is 5.10 Å². The van der Waals surface area contributed by atoms with Crippen LogP contribution in [0.25, 0.3) is 0 Å². The maximum atomic E-state index is 11.0. The number of benzene rings is 1. The third kappa shape index (κ3) is 3.44. The summed E-state index contributed by atoms with van der Waals surface area (Å²) in [4.78, 5) is 13.5. The number of nitrogens with zero attached hydrogens (tertiary/aromatic N) is 3. The molecule has 2 heterocycles. The summed E-state index contributed by atoms with van der Waals surface area (Å²) in [6.45, 7) is 4.43. The van der Waals surface area contributed by atoms with Crippen LogP contribution in [0.3, 0.4) is 0 Å². The van der Waals surface area contributed by atoms with E-state index >= 15 is 0 Å². The molecule has 0 spiro atoms. The third-order valence-electron chi connectivity index (χ3n) is 3.61. The van der Waals surface area contributed by atoms with Crippen LogP contribution in [-0.2, 0) is 4.79 Å². The van der Waals surface area contributed by atoms with E-state index in [2.05, 4.69) is 45.5 Å². The summed E-state index contributed by atoms with van der Waals surface area (Å²) in [7, 11) is 0. The van der Waals surface area contributed by atoms with Crippen molar-refractivity contribution in [2.75, 3.05) is 23.7 Å². The Balaban J connectivity index is 1.68. The lowest BCUT2D eigenvalue weighted by atomic mass is 10.1. The van der Waals surface area contributed by atoms with Gasteiger partial charge < -0.3 is 10.2 Å². The molecule has 0 aliphatic carbocycles. The highest BCUT2D eigenvalue weighted by atomic mass is 32.2. The second-order valence-electron chi connectivity index (χ2n) is 5.23. The van der Waals surface area contributed by atoms with Gasteiger partial charge >= 0.3 is 0 Å². The number of carbonyl (C=O) groups is 1. The summed E-state index contributed by atoms with van der Waals surface area (Å²) in [6.07, 6.45) is 4.28. The van der Waals surface area contributed by atoms with Gasteiger partial charge in [-0.05, 0) is 43.0 Å². The molecule has 0 aromatic heterocycles. The molecule has 1 aromatic rings. The molecule has 0 bridgehead atoms. The Morgan fingerprint density at radius 1 is 1.33 bits per heavy atom. The lowest BCUT2D eigenvalue weighted by Gasteiger charge is -2.20. The van der Waals surface area contributed by atoms with E-state index in [-0.39, 0.29) is 5.91 Å². The minimum Gasteiger partial charge on any atom is -0.371 e. The van der Waals surface area contributed by atoms with E-state index in [1.807, 2.05) is 0 Å². The second kappa shape index (κ2) is 6.30. The van der Waals surface area contributed by atoms with Crippen molar-refractivity contribution < 1.29 is 4.79 Å². The van der Waals surface area contributed by atoms with Crippen LogP contribution in [-0.4, -0.2) is 36.1 Å². The van der Waals surface area contributed by atoms with E-state index in [1.165, 1.54) is 35.9 Å².